The average Bonchev–Trinajstić information content (AvgIpc) is 2.49. The van der Waals surface area contributed by atoms with Crippen LogP contribution < -0.4 is 9.62 Å². The van der Waals surface area contributed by atoms with E-state index < -0.39 is 22.0 Å². The molecule has 0 radical (unpaired) electrons. The van der Waals surface area contributed by atoms with Crippen LogP contribution in [0.1, 0.15) is 12.5 Å². The van der Waals surface area contributed by atoms with Crippen LogP contribution >= 0.6 is 23.2 Å². The van der Waals surface area contributed by atoms with Gasteiger partial charge in [0, 0.05) is 5.69 Å². The molecule has 0 bridgehead atoms. The van der Waals surface area contributed by atoms with Crippen LogP contribution in [-0.4, -0.2) is 26.6 Å². The van der Waals surface area contributed by atoms with E-state index in [1.165, 1.54) is 13.0 Å². The van der Waals surface area contributed by atoms with Crippen LogP contribution in [0.25, 0.3) is 0 Å². The summed E-state index contributed by atoms with van der Waals surface area (Å²) in [5, 5.41) is 3.32. The first-order valence-corrected chi connectivity index (χ1v) is 10.0. The molecule has 134 valence electrons. The molecule has 2 aromatic rings. The molecule has 0 aromatic heterocycles. The van der Waals surface area contributed by atoms with Crippen molar-refractivity contribution in [2.75, 3.05) is 15.9 Å². The lowest BCUT2D eigenvalue weighted by atomic mass is 10.2. The number of nitrogens with one attached hydrogen (secondary N) is 1. The molecule has 0 heterocycles. The molecule has 0 fully saturated rings. The van der Waals surface area contributed by atoms with Crippen LogP contribution in [0.15, 0.2) is 42.5 Å². The molecule has 8 heteroatoms. The van der Waals surface area contributed by atoms with Gasteiger partial charge in [-0.25, -0.2) is 8.42 Å². The third-order valence-electron chi connectivity index (χ3n) is 3.53. The lowest BCUT2D eigenvalue weighted by molar-refractivity contribution is -0.116. The van der Waals surface area contributed by atoms with Crippen LogP contribution in [0.5, 0.6) is 0 Å². The number of rotatable bonds is 5. The molecule has 0 saturated heterocycles. The second-order valence-electron chi connectivity index (χ2n) is 5.69. The molecule has 0 aliphatic rings. The smallest absolute Gasteiger partial charge is 0.247 e. The highest BCUT2D eigenvalue weighted by molar-refractivity contribution is 7.92. The van der Waals surface area contributed by atoms with Crippen molar-refractivity contribution >= 4 is 50.5 Å². The number of nitrogens with zero attached hydrogens (tertiary/aromatic N) is 1. The van der Waals surface area contributed by atoms with Crippen molar-refractivity contribution in [3.63, 3.8) is 0 Å². The maximum Gasteiger partial charge on any atom is 0.247 e. The highest BCUT2D eigenvalue weighted by Gasteiger charge is 2.29. The minimum absolute atomic E-state index is 0.297. The number of hydrogen-bond acceptors (Lipinski definition) is 3. The molecule has 5 nitrogen and oxygen atoms in total. The maximum atomic E-state index is 12.6. The summed E-state index contributed by atoms with van der Waals surface area (Å²) in [4.78, 5) is 12.6. The standard InChI is InChI=1S/C17H18Cl2N2O3S/c1-11-5-4-6-14(9-11)21(25(3,23)24)12(2)17(22)20-13-7-8-15(18)16(19)10-13/h4-10,12H,1-3H3,(H,20,22)/t12-/m0/s1. The number of halogens is 2. The normalized spacial score (nSPS) is 12.5. The van der Waals surface area contributed by atoms with Gasteiger partial charge < -0.3 is 5.32 Å². The highest BCUT2D eigenvalue weighted by atomic mass is 35.5. The van der Waals surface area contributed by atoms with E-state index in [-0.39, 0.29) is 0 Å². The Morgan fingerprint density at radius 1 is 1.12 bits per heavy atom. The summed E-state index contributed by atoms with van der Waals surface area (Å²) in [6.07, 6.45) is 1.07. The molecule has 1 amide bonds. The van der Waals surface area contributed by atoms with Gasteiger partial charge in [0.2, 0.25) is 15.9 Å². The third-order valence-corrected chi connectivity index (χ3v) is 5.51. The Morgan fingerprint density at radius 3 is 2.36 bits per heavy atom. The molecule has 0 aliphatic heterocycles. The van der Waals surface area contributed by atoms with E-state index in [4.69, 9.17) is 23.2 Å². The highest BCUT2D eigenvalue weighted by Crippen LogP contribution is 2.26. The Hall–Kier alpha value is -1.76. The van der Waals surface area contributed by atoms with Crippen molar-refractivity contribution < 1.29 is 13.2 Å². The van der Waals surface area contributed by atoms with E-state index in [0.717, 1.165) is 16.1 Å². The largest absolute Gasteiger partial charge is 0.324 e. The van der Waals surface area contributed by atoms with Crippen molar-refractivity contribution in [2.45, 2.75) is 19.9 Å². The zero-order valence-corrected chi connectivity index (χ0v) is 16.3. The fourth-order valence-electron chi connectivity index (χ4n) is 2.39. The lowest BCUT2D eigenvalue weighted by Crippen LogP contribution is -2.45. The zero-order chi connectivity index (χ0) is 18.8. The summed E-state index contributed by atoms with van der Waals surface area (Å²) in [6.45, 7) is 3.38. The number of amides is 1. The summed E-state index contributed by atoms with van der Waals surface area (Å²) in [5.41, 5.74) is 1.76. The average molecular weight is 401 g/mol. The maximum absolute atomic E-state index is 12.6. The molecule has 2 aromatic carbocycles. The number of aryl methyl sites for hydroxylation is 1. The quantitative estimate of drug-likeness (QED) is 0.821. The van der Waals surface area contributed by atoms with Crippen LogP contribution in [0.4, 0.5) is 11.4 Å². The number of carbonyl (C=O) groups excluding carboxylic acids is 1. The van der Waals surface area contributed by atoms with Gasteiger partial charge in [-0.15, -0.1) is 0 Å². The van der Waals surface area contributed by atoms with Gasteiger partial charge in [-0.05, 0) is 49.7 Å². The molecular weight excluding hydrogens is 383 g/mol. The number of anilines is 2. The van der Waals surface area contributed by atoms with Crippen LogP contribution in [0, 0.1) is 6.92 Å². The van der Waals surface area contributed by atoms with Crippen molar-refractivity contribution in [3.05, 3.63) is 58.1 Å². The van der Waals surface area contributed by atoms with Crippen LogP contribution in [0.3, 0.4) is 0 Å². The summed E-state index contributed by atoms with van der Waals surface area (Å²) < 4.78 is 25.6. The van der Waals surface area contributed by atoms with Gasteiger partial charge in [0.15, 0.2) is 0 Å². The Balaban J connectivity index is 2.31. The van der Waals surface area contributed by atoms with Gasteiger partial charge in [-0.3, -0.25) is 9.10 Å². The van der Waals surface area contributed by atoms with E-state index >= 15 is 0 Å². The SMILES string of the molecule is Cc1cccc(N([C@@H](C)C(=O)Nc2ccc(Cl)c(Cl)c2)S(C)(=O)=O)c1. The predicted octanol–water partition coefficient (Wildman–Crippen LogP) is 4.10. The van der Waals surface area contributed by atoms with E-state index in [1.54, 1.807) is 30.3 Å². The van der Waals surface area contributed by atoms with Gasteiger partial charge in [0.05, 0.1) is 22.0 Å². The Labute approximate surface area is 157 Å². The lowest BCUT2D eigenvalue weighted by Gasteiger charge is -2.28. The van der Waals surface area contributed by atoms with E-state index in [0.29, 0.717) is 21.4 Å². The molecule has 0 unspecified atom stereocenters. The monoisotopic (exact) mass is 400 g/mol. The van der Waals surface area contributed by atoms with Crippen molar-refractivity contribution in [2.24, 2.45) is 0 Å². The number of benzene rings is 2. The summed E-state index contributed by atoms with van der Waals surface area (Å²) in [6, 6.07) is 10.7. The Kier molecular flexibility index (Phi) is 5.98. The minimum atomic E-state index is -3.66. The number of sulfonamides is 1. The Bertz CT molecular complexity index is 901. The Morgan fingerprint density at radius 2 is 1.80 bits per heavy atom. The van der Waals surface area contributed by atoms with E-state index in [1.807, 2.05) is 13.0 Å². The molecular formula is C17H18Cl2N2O3S. The minimum Gasteiger partial charge on any atom is -0.324 e. The predicted molar refractivity (Wildman–Crippen MR) is 103 cm³/mol. The van der Waals surface area contributed by atoms with Gasteiger partial charge in [-0.1, -0.05) is 35.3 Å². The van der Waals surface area contributed by atoms with Gasteiger partial charge in [0.1, 0.15) is 6.04 Å². The van der Waals surface area contributed by atoms with Crippen LogP contribution in [-0.2, 0) is 14.8 Å². The van der Waals surface area contributed by atoms with Gasteiger partial charge in [0.25, 0.3) is 0 Å². The molecule has 0 spiro atoms. The van der Waals surface area contributed by atoms with Crippen molar-refractivity contribution in [1.29, 1.82) is 0 Å². The zero-order valence-electron chi connectivity index (χ0n) is 14.0. The van der Waals surface area contributed by atoms with Gasteiger partial charge in [-0.2, -0.15) is 0 Å². The molecule has 0 aliphatic carbocycles. The first-order chi connectivity index (χ1) is 11.6. The second kappa shape index (κ2) is 7.64. The molecule has 2 rings (SSSR count). The first-order valence-electron chi connectivity index (χ1n) is 7.41. The van der Waals surface area contributed by atoms with Gasteiger partial charge >= 0.3 is 0 Å². The molecule has 25 heavy (non-hydrogen) atoms. The first kappa shape index (κ1) is 19.6. The molecule has 1 N–H and O–H groups in total. The van der Waals surface area contributed by atoms with Crippen LogP contribution in [0.2, 0.25) is 10.0 Å². The van der Waals surface area contributed by atoms with E-state index in [2.05, 4.69) is 5.32 Å². The summed E-state index contributed by atoms with van der Waals surface area (Å²) >= 11 is 11.8. The van der Waals surface area contributed by atoms with Crippen molar-refractivity contribution in [3.8, 4) is 0 Å². The fourth-order valence-corrected chi connectivity index (χ4v) is 3.86. The third kappa shape index (κ3) is 4.87. The molecule has 1 atom stereocenters. The second-order valence-corrected chi connectivity index (χ2v) is 8.37. The number of carbonyl (C=O) groups is 1. The summed E-state index contributed by atoms with van der Waals surface area (Å²) in [5.74, 6) is -0.481. The molecule has 0 saturated carbocycles. The summed E-state index contributed by atoms with van der Waals surface area (Å²) in [7, 11) is -3.66. The number of hydrogen-bond donors (Lipinski definition) is 1. The van der Waals surface area contributed by atoms with E-state index in [9.17, 15) is 13.2 Å². The fraction of sp³-hybridized carbons (Fsp3) is 0.235. The topological polar surface area (TPSA) is 66.5 Å². The van der Waals surface area contributed by atoms with Crippen molar-refractivity contribution in [1.82, 2.24) is 0 Å².